The molecule has 1 aromatic carbocycles. The van der Waals surface area contributed by atoms with E-state index < -0.39 is 0 Å². The molecule has 7 nitrogen and oxygen atoms in total. The minimum atomic E-state index is -0.117. The molecule has 3 aromatic heterocycles. The number of ether oxygens (including phenoxy) is 1. The lowest BCUT2D eigenvalue weighted by atomic mass is 10.2. The van der Waals surface area contributed by atoms with Crippen molar-refractivity contribution in [1.82, 2.24) is 18.9 Å². The number of aryl methyl sites for hydroxylation is 1. The largest absolute Gasteiger partial charge is 0.383 e. The van der Waals surface area contributed by atoms with Crippen molar-refractivity contribution < 1.29 is 4.74 Å². The highest BCUT2D eigenvalue weighted by molar-refractivity contribution is 9.10. The number of hydrogen-bond donors (Lipinski definition) is 0. The van der Waals surface area contributed by atoms with Crippen LogP contribution in [0.1, 0.15) is 11.4 Å². The number of halogens is 1. The lowest BCUT2D eigenvalue weighted by Gasteiger charge is -2.13. The summed E-state index contributed by atoms with van der Waals surface area (Å²) in [5.41, 5.74) is 1.94. The van der Waals surface area contributed by atoms with E-state index in [1.165, 1.54) is 29.2 Å². The number of nitrogens with zero attached hydrogens (tertiary/aromatic N) is 4. The molecule has 0 unspecified atom stereocenters. The van der Waals surface area contributed by atoms with Gasteiger partial charge in [-0.3, -0.25) is 18.6 Å². The van der Waals surface area contributed by atoms with Crippen LogP contribution < -0.4 is 11.1 Å². The van der Waals surface area contributed by atoms with Gasteiger partial charge in [0.1, 0.15) is 0 Å². The van der Waals surface area contributed by atoms with Crippen molar-refractivity contribution in [3.63, 3.8) is 0 Å². The smallest absolute Gasteiger partial charge is 0.262 e. The van der Waals surface area contributed by atoms with Gasteiger partial charge < -0.3 is 4.74 Å². The molecule has 0 radical (unpaired) electrons. The predicted molar refractivity (Wildman–Crippen MR) is 119 cm³/mol. The van der Waals surface area contributed by atoms with E-state index in [1.807, 2.05) is 24.4 Å². The molecule has 0 atom stereocenters. The first-order chi connectivity index (χ1) is 14.0. The lowest BCUT2D eigenvalue weighted by Crippen LogP contribution is -2.25. The Labute approximate surface area is 182 Å². The van der Waals surface area contributed by atoms with Crippen molar-refractivity contribution in [3.05, 3.63) is 66.2 Å². The molecule has 0 aliphatic carbocycles. The average molecular weight is 493 g/mol. The van der Waals surface area contributed by atoms with Crippen molar-refractivity contribution >= 4 is 54.9 Å². The Morgan fingerprint density at radius 1 is 1.24 bits per heavy atom. The number of benzene rings is 1. The molecule has 0 amide bonds. The summed E-state index contributed by atoms with van der Waals surface area (Å²) < 4.78 is 9.20. The topological polar surface area (TPSA) is 78.5 Å². The number of aromatic nitrogens is 4. The molecule has 0 N–H and O–H groups in total. The fraction of sp³-hybridized carbons (Fsp3) is 0.263. The summed E-state index contributed by atoms with van der Waals surface area (Å²) in [7, 11) is 1.60. The van der Waals surface area contributed by atoms with Gasteiger partial charge in [-0.15, -0.1) is 11.3 Å². The number of thiazole rings is 1. The van der Waals surface area contributed by atoms with E-state index in [2.05, 4.69) is 25.9 Å². The van der Waals surface area contributed by atoms with Gasteiger partial charge in [-0.25, -0.2) is 9.97 Å². The van der Waals surface area contributed by atoms with Crippen LogP contribution in [-0.4, -0.2) is 32.7 Å². The third-order valence-corrected chi connectivity index (χ3v) is 6.82. The predicted octanol–water partition coefficient (Wildman–Crippen LogP) is 3.48. The van der Waals surface area contributed by atoms with Crippen LogP contribution in [0, 0.1) is 6.92 Å². The van der Waals surface area contributed by atoms with Crippen LogP contribution in [0.15, 0.2) is 48.9 Å². The van der Waals surface area contributed by atoms with Crippen molar-refractivity contribution in [2.75, 3.05) is 13.7 Å². The first-order valence-corrected chi connectivity index (χ1v) is 11.4. The normalized spacial score (nSPS) is 11.6. The summed E-state index contributed by atoms with van der Waals surface area (Å²) in [4.78, 5) is 35.3. The maximum Gasteiger partial charge on any atom is 0.262 e. The summed E-state index contributed by atoms with van der Waals surface area (Å²) in [5, 5.41) is 3.03. The highest BCUT2D eigenvalue weighted by atomic mass is 79.9. The lowest BCUT2D eigenvalue weighted by molar-refractivity contribution is 0.183. The van der Waals surface area contributed by atoms with Crippen LogP contribution in [0.4, 0.5) is 0 Å². The molecular formula is C19H17BrN4O3S2. The Morgan fingerprint density at radius 2 is 2.07 bits per heavy atom. The molecule has 0 saturated carbocycles. The summed E-state index contributed by atoms with van der Waals surface area (Å²) >= 11 is 6.23. The first kappa shape index (κ1) is 20.3. The summed E-state index contributed by atoms with van der Waals surface area (Å²) in [6, 6.07) is 6.99. The third-order valence-electron chi connectivity index (χ3n) is 4.38. The second-order valence-electron chi connectivity index (χ2n) is 6.37. The molecule has 0 fully saturated rings. The molecule has 0 aliphatic heterocycles. The van der Waals surface area contributed by atoms with Gasteiger partial charge >= 0.3 is 0 Å². The van der Waals surface area contributed by atoms with Gasteiger partial charge in [-0.05, 0) is 25.1 Å². The Hall–Kier alpha value is -2.01. The number of fused-ring (bicyclic) bond motifs is 2. The van der Waals surface area contributed by atoms with E-state index in [9.17, 15) is 9.59 Å². The van der Waals surface area contributed by atoms with Crippen LogP contribution in [-0.2, 0) is 17.0 Å². The summed E-state index contributed by atoms with van der Waals surface area (Å²) in [6.45, 7) is 2.67. The number of methoxy groups -OCH3 is 1. The Kier molecular flexibility index (Phi) is 5.86. The first-order valence-electron chi connectivity index (χ1n) is 8.76. The molecule has 10 heteroatoms. The zero-order valence-corrected chi connectivity index (χ0v) is 18.9. The van der Waals surface area contributed by atoms with Crippen LogP contribution in [0.5, 0.6) is 0 Å². The number of hydrogen-bond acceptors (Lipinski definition) is 7. The number of rotatable bonds is 6. The van der Waals surface area contributed by atoms with Crippen molar-refractivity contribution in [2.24, 2.45) is 0 Å². The van der Waals surface area contributed by atoms with Gasteiger partial charge in [0.25, 0.3) is 11.1 Å². The number of thioether (sulfide) groups is 1. The van der Waals surface area contributed by atoms with E-state index in [0.29, 0.717) is 45.6 Å². The third kappa shape index (κ3) is 4.02. The van der Waals surface area contributed by atoms with Crippen LogP contribution in [0.25, 0.3) is 15.9 Å². The minimum Gasteiger partial charge on any atom is -0.383 e. The molecule has 0 aliphatic rings. The second-order valence-corrected chi connectivity index (χ2v) is 9.07. The van der Waals surface area contributed by atoms with E-state index in [-0.39, 0.29) is 11.1 Å². The molecule has 3 heterocycles. The molecule has 4 rings (SSSR count). The molecule has 0 bridgehead atoms. The zero-order chi connectivity index (χ0) is 20.5. The minimum absolute atomic E-state index is 0.0996. The van der Waals surface area contributed by atoms with E-state index in [1.54, 1.807) is 22.1 Å². The van der Waals surface area contributed by atoms with Crippen molar-refractivity contribution in [1.29, 1.82) is 0 Å². The van der Waals surface area contributed by atoms with E-state index in [4.69, 9.17) is 4.74 Å². The van der Waals surface area contributed by atoms with Crippen LogP contribution in [0.2, 0.25) is 0 Å². The highest BCUT2D eigenvalue weighted by Crippen LogP contribution is 2.23. The Bertz CT molecular complexity index is 1330. The summed E-state index contributed by atoms with van der Waals surface area (Å²) in [6.07, 6.45) is 0. The molecule has 4 aromatic rings. The van der Waals surface area contributed by atoms with Gasteiger partial charge in [-0.1, -0.05) is 27.7 Å². The summed E-state index contributed by atoms with van der Waals surface area (Å²) in [5.74, 6) is 0.435. The average Bonchev–Trinajstić information content (AvgIpc) is 3.07. The van der Waals surface area contributed by atoms with Crippen LogP contribution in [0.3, 0.4) is 0 Å². The standard InChI is InChI=1S/C19H17BrN4O3S2/c1-11-9-28-19-21-13(8-16(25)24(11)19)10-29-18-22-15-4-3-12(20)7-14(15)17(26)23(18)5-6-27-2/h3-4,7-9H,5-6,10H2,1-2H3. The van der Waals surface area contributed by atoms with Crippen molar-refractivity contribution in [2.45, 2.75) is 24.4 Å². The molecular weight excluding hydrogens is 476 g/mol. The monoisotopic (exact) mass is 492 g/mol. The molecule has 0 saturated heterocycles. The van der Waals surface area contributed by atoms with E-state index >= 15 is 0 Å². The quantitative estimate of drug-likeness (QED) is 0.302. The van der Waals surface area contributed by atoms with Gasteiger partial charge in [0.05, 0.1) is 29.7 Å². The maximum absolute atomic E-state index is 13.0. The van der Waals surface area contributed by atoms with Gasteiger partial charge in [0.2, 0.25) is 0 Å². The maximum atomic E-state index is 13.0. The van der Waals surface area contributed by atoms with Gasteiger partial charge in [0.15, 0.2) is 10.1 Å². The van der Waals surface area contributed by atoms with E-state index in [0.717, 1.165) is 10.2 Å². The van der Waals surface area contributed by atoms with Gasteiger partial charge in [-0.2, -0.15) is 0 Å². The molecule has 29 heavy (non-hydrogen) atoms. The fourth-order valence-corrected chi connectivity index (χ4v) is 5.15. The van der Waals surface area contributed by atoms with Crippen LogP contribution >= 0.6 is 39.0 Å². The Morgan fingerprint density at radius 3 is 2.86 bits per heavy atom. The van der Waals surface area contributed by atoms with Gasteiger partial charge in [0, 0.05) is 34.5 Å². The SMILES string of the molecule is COCCn1c(SCc2cc(=O)n3c(C)csc3n2)nc2ccc(Br)cc2c1=O. The highest BCUT2D eigenvalue weighted by Gasteiger charge is 2.14. The second kappa shape index (κ2) is 8.39. The zero-order valence-electron chi connectivity index (χ0n) is 15.7. The molecule has 150 valence electrons. The van der Waals surface area contributed by atoms with Crippen molar-refractivity contribution in [3.8, 4) is 0 Å². The fourth-order valence-electron chi connectivity index (χ4n) is 2.98. The Balaban J connectivity index is 1.72. The molecule has 0 spiro atoms.